The van der Waals surface area contributed by atoms with Crippen molar-refractivity contribution >= 4 is 17.1 Å². The lowest BCUT2D eigenvalue weighted by Gasteiger charge is -2.15. The summed E-state index contributed by atoms with van der Waals surface area (Å²) in [7, 11) is 0. The average molecular weight is 436 g/mol. The summed E-state index contributed by atoms with van der Waals surface area (Å²) in [5.41, 5.74) is 6.24. The summed E-state index contributed by atoms with van der Waals surface area (Å²) >= 11 is 0. The number of nitrogens with zero attached hydrogens (tertiary/aromatic N) is 2. The van der Waals surface area contributed by atoms with E-state index in [0.29, 0.717) is 53.0 Å². The summed E-state index contributed by atoms with van der Waals surface area (Å²) < 4.78 is 20.8. The van der Waals surface area contributed by atoms with E-state index in [9.17, 15) is 14.0 Å². The highest BCUT2D eigenvalue weighted by atomic mass is 19.1. The van der Waals surface area contributed by atoms with Crippen molar-refractivity contribution in [2.24, 2.45) is 0 Å². The molecule has 0 saturated carbocycles. The van der Waals surface area contributed by atoms with Gasteiger partial charge in [-0.2, -0.15) is 0 Å². The van der Waals surface area contributed by atoms with Gasteiger partial charge in [-0.25, -0.2) is 14.2 Å². The molecular weight excluding hydrogens is 411 g/mol. The first-order chi connectivity index (χ1) is 15.4. The molecule has 5 rings (SSSR count). The van der Waals surface area contributed by atoms with Crippen molar-refractivity contribution in [3.05, 3.63) is 73.8 Å². The van der Waals surface area contributed by atoms with Crippen LogP contribution in [0.1, 0.15) is 47.2 Å². The van der Waals surface area contributed by atoms with Gasteiger partial charge >= 0.3 is 6.16 Å². The van der Waals surface area contributed by atoms with E-state index < -0.39 is 6.16 Å². The number of hydrogen-bond donors (Lipinski definition) is 1. The maximum atomic E-state index is 14.6. The first-order valence-corrected chi connectivity index (χ1v) is 10.7. The summed E-state index contributed by atoms with van der Waals surface area (Å²) in [4.78, 5) is 28.7. The molecule has 0 atom stereocenters. The standard InChI is InChI=1S/C23H19FN2O4.C2H6/c1-11-7-19-21-15(9-26(19)22(27)16(11)10-30-23(28)29)14-6-4-3-5-13-12(2)17(24)8-18(25-21)20(13)14;1-2/h3-4,7-8H,5-6,9-10H2,1-2H3,(H,28,29);1-2H3. The van der Waals surface area contributed by atoms with E-state index in [1.165, 1.54) is 6.07 Å². The molecule has 0 unspecified atom stereocenters. The number of halogens is 1. The number of aromatic nitrogens is 2. The van der Waals surface area contributed by atoms with Crippen LogP contribution < -0.4 is 5.56 Å². The lowest BCUT2D eigenvalue weighted by Crippen LogP contribution is -2.25. The second kappa shape index (κ2) is 8.22. The lowest BCUT2D eigenvalue weighted by atomic mass is 9.93. The van der Waals surface area contributed by atoms with E-state index in [1.807, 2.05) is 26.0 Å². The van der Waals surface area contributed by atoms with Gasteiger partial charge in [-0.05, 0) is 55.0 Å². The van der Waals surface area contributed by atoms with Crippen LogP contribution in [0.3, 0.4) is 0 Å². The molecule has 166 valence electrons. The molecular formula is C25H25FN2O4. The number of ether oxygens (including phenoxy) is 1. The average Bonchev–Trinajstić information content (AvgIpc) is 2.97. The molecule has 0 amide bonds. The largest absolute Gasteiger partial charge is 0.506 e. The number of allylic oxidation sites excluding steroid dienone is 2. The van der Waals surface area contributed by atoms with E-state index in [-0.39, 0.29) is 18.0 Å². The molecule has 7 heteroatoms. The smallest absolute Gasteiger partial charge is 0.450 e. The van der Waals surface area contributed by atoms with Crippen LogP contribution in [-0.4, -0.2) is 20.8 Å². The Morgan fingerprint density at radius 2 is 1.84 bits per heavy atom. The number of fused-ring (bicyclic) bond motifs is 4. The van der Waals surface area contributed by atoms with E-state index >= 15 is 0 Å². The van der Waals surface area contributed by atoms with Crippen LogP contribution in [0.2, 0.25) is 0 Å². The molecule has 0 fully saturated rings. The zero-order valence-corrected chi connectivity index (χ0v) is 18.6. The minimum Gasteiger partial charge on any atom is -0.450 e. The molecule has 1 aliphatic heterocycles. The fourth-order valence-electron chi connectivity index (χ4n) is 4.59. The predicted molar refractivity (Wildman–Crippen MR) is 121 cm³/mol. The fraction of sp³-hybridized carbons (Fsp3) is 0.320. The molecule has 0 saturated heterocycles. The normalized spacial score (nSPS) is 13.2. The summed E-state index contributed by atoms with van der Waals surface area (Å²) in [6, 6.07) is 3.31. The molecule has 1 aromatic carbocycles. The van der Waals surface area contributed by atoms with Gasteiger partial charge in [-0.1, -0.05) is 26.0 Å². The molecule has 1 N–H and O–H groups in total. The fourth-order valence-corrected chi connectivity index (χ4v) is 4.59. The molecule has 6 nitrogen and oxygen atoms in total. The maximum Gasteiger partial charge on any atom is 0.506 e. The molecule has 0 radical (unpaired) electrons. The van der Waals surface area contributed by atoms with Gasteiger partial charge < -0.3 is 14.4 Å². The summed E-state index contributed by atoms with van der Waals surface area (Å²) in [5.74, 6) is -0.279. The number of carboxylic acid groups (broad SMARTS) is 1. The molecule has 32 heavy (non-hydrogen) atoms. The van der Waals surface area contributed by atoms with Crippen LogP contribution in [0.15, 0.2) is 29.1 Å². The lowest BCUT2D eigenvalue weighted by molar-refractivity contribution is 0.0848. The molecule has 0 spiro atoms. The number of rotatable bonds is 2. The summed E-state index contributed by atoms with van der Waals surface area (Å²) in [5, 5.41) is 9.77. The molecule has 3 heterocycles. The minimum atomic E-state index is -1.42. The Hall–Kier alpha value is -3.48. The van der Waals surface area contributed by atoms with Crippen molar-refractivity contribution in [2.75, 3.05) is 0 Å². The Bertz CT molecular complexity index is 1360. The number of benzene rings is 1. The molecule has 3 aromatic rings. The molecule has 0 bridgehead atoms. The highest BCUT2D eigenvalue weighted by Gasteiger charge is 2.29. The SMILES string of the molecule is CC.Cc1cc2n(c(=O)c1COC(=O)O)Cc1c-2nc2cc(F)c(C)c3c2c1CC=CC3. The van der Waals surface area contributed by atoms with Crippen molar-refractivity contribution < 1.29 is 19.0 Å². The van der Waals surface area contributed by atoms with Gasteiger partial charge in [0.25, 0.3) is 5.56 Å². The van der Waals surface area contributed by atoms with E-state index in [4.69, 9.17) is 10.1 Å². The predicted octanol–water partition coefficient (Wildman–Crippen LogP) is 5.06. The zero-order valence-electron chi connectivity index (χ0n) is 18.6. The van der Waals surface area contributed by atoms with Crippen molar-refractivity contribution in [1.82, 2.24) is 9.55 Å². The van der Waals surface area contributed by atoms with E-state index in [1.54, 1.807) is 18.4 Å². The van der Waals surface area contributed by atoms with Crippen LogP contribution in [0.5, 0.6) is 0 Å². The van der Waals surface area contributed by atoms with Crippen LogP contribution in [0, 0.1) is 19.7 Å². The van der Waals surface area contributed by atoms with Crippen LogP contribution >= 0.6 is 0 Å². The first kappa shape index (κ1) is 21.7. The number of hydrogen-bond acceptors (Lipinski definition) is 4. The molecule has 1 aliphatic carbocycles. The summed E-state index contributed by atoms with van der Waals surface area (Å²) in [6.45, 7) is 7.60. The van der Waals surface area contributed by atoms with Gasteiger partial charge in [0.05, 0.1) is 29.0 Å². The van der Waals surface area contributed by atoms with E-state index in [2.05, 4.69) is 10.8 Å². The third-order valence-electron chi connectivity index (χ3n) is 6.15. The van der Waals surface area contributed by atoms with Crippen molar-refractivity contribution in [2.45, 2.75) is 53.7 Å². The monoisotopic (exact) mass is 436 g/mol. The quantitative estimate of drug-likeness (QED) is 0.351. The van der Waals surface area contributed by atoms with Crippen LogP contribution in [-0.2, 0) is 30.7 Å². The third kappa shape index (κ3) is 3.28. The number of pyridine rings is 2. The Morgan fingerprint density at radius 1 is 1.16 bits per heavy atom. The van der Waals surface area contributed by atoms with Gasteiger partial charge in [0.1, 0.15) is 12.4 Å². The van der Waals surface area contributed by atoms with E-state index in [0.717, 1.165) is 22.1 Å². The van der Waals surface area contributed by atoms with Gasteiger partial charge in [0.15, 0.2) is 0 Å². The van der Waals surface area contributed by atoms with Crippen LogP contribution in [0.4, 0.5) is 9.18 Å². The molecule has 2 aliphatic rings. The number of carbonyl (C=O) groups is 1. The third-order valence-corrected chi connectivity index (χ3v) is 6.15. The zero-order chi connectivity index (χ0) is 23.2. The highest BCUT2D eigenvalue weighted by Crippen LogP contribution is 2.39. The topological polar surface area (TPSA) is 81.4 Å². The van der Waals surface area contributed by atoms with Gasteiger partial charge in [0.2, 0.25) is 0 Å². The second-order valence-electron chi connectivity index (χ2n) is 7.79. The Labute approximate surface area is 185 Å². The summed E-state index contributed by atoms with van der Waals surface area (Å²) in [6.07, 6.45) is 4.04. The van der Waals surface area contributed by atoms with Crippen molar-refractivity contribution in [1.29, 1.82) is 0 Å². The van der Waals surface area contributed by atoms with Gasteiger partial charge in [0, 0.05) is 17.0 Å². The Balaban J connectivity index is 0.00000119. The van der Waals surface area contributed by atoms with Crippen molar-refractivity contribution in [3.63, 3.8) is 0 Å². The Morgan fingerprint density at radius 3 is 2.53 bits per heavy atom. The molecule has 2 aromatic heterocycles. The van der Waals surface area contributed by atoms with Crippen molar-refractivity contribution in [3.8, 4) is 11.4 Å². The maximum absolute atomic E-state index is 14.6. The first-order valence-electron chi connectivity index (χ1n) is 10.7. The van der Waals surface area contributed by atoms with Gasteiger partial charge in [-0.15, -0.1) is 0 Å². The van der Waals surface area contributed by atoms with Gasteiger partial charge in [-0.3, -0.25) is 4.79 Å². The second-order valence-corrected chi connectivity index (χ2v) is 7.79. The van der Waals surface area contributed by atoms with Crippen LogP contribution in [0.25, 0.3) is 22.3 Å². The highest BCUT2D eigenvalue weighted by molar-refractivity contribution is 5.92. The number of aryl methyl sites for hydroxylation is 1. The Kier molecular flexibility index (Phi) is 5.59. The minimum absolute atomic E-state index is 0.279.